The van der Waals surface area contributed by atoms with Crippen LogP contribution in [0.15, 0.2) is 16.7 Å². The van der Waals surface area contributed by atoms with E-state index in [4.69, 9.17) is 0 Å². The second kappa shape index (κ2) is 4.12. The number of aromatic nitrogens is 1. The van der Waals surface area contributed by atoms with Crippen LogP contribution < -0.4 is 5.32 Å². The summed E-state index contributed by atoms with van der Waals surface area (Å²) in [5.41, 5.74) is 1.50. The summed E-state index contributed by atoms with van der Waals surface area (Å²) >= 11 is 3.56. The molecule has 82 valence electrons. The van der Waals surface area contributed by atoms with Crippen molar-refractivity contribution in [2.75, 3.05) is 5.32 Å². The third-order valence-corrected chi connectivity index (χ3v) is 3.95. The van der Waals surface area contributed by atoms with E-state index in [2.05, 4.69) is 46.1 Å². The van der Waals surface area contributed by atoms with Gasteiger partial charge in [-0.1, -0.05) is 6.92 Å². The lowest BCUT2D eigenvalue weighted by atomic mass is 9.75. The van der Waals surface area contributed by atoms with Gasteiger partial charge >= 0.3 is 0 Å². The van der Waals surface area contributed by atoms with Crippen LogP contribution in [-0.4, -0.2) is 10.5 Å². The molecular formula is C12H17BrN2. The van der Waals surface area contributed by atoms with Crippen LogP contribution >= 0.6 is 15.9 Å². The topological polar surface area (TPSA) is 24.9 Å². The highest BCUT2D eigenvalue weighted by atomic mass is 79.9. The molecule has 1 aromatic heterocycles. The Kier molecular flexibility index (Phi) is 3.01. The average molecular weight is 269 g/mol. The molecule has 3 heteroatoms. The summed E-state index contributed by atoms with van der Waals surface area (Å²) < 4.78 is 1.07. The molecule has 0 unspecified atom stereocenters. The van der Waals surface area contributed by atoms with E-state index in [-0.39, 0.29) is 0 Å². The van der Waals surface area contributed by atoms with Gasteiger partial charge in [-0.05, 0) is 60.2 Å². The van der Waals surface area contributed by atoms with Gasteiger partial charge in [-0.3, -0.25) is 0 Å². The van der Waals surface area contributed by atoms with Crippen molar-refractivity contribution in [3.63, 3.8) is 0 Å². The first-order chi connectivity index (χ1) is 7.15. The zero-order chi connectivity index (χ0) is 10.9. The molecule has 0 aliphatic heterocycles. The Labute approximate surface area is 99.6 Å². The Hall–Kier alpha value is -0.570. The zero-order valence-electron chi connectivity index (χ0n) is 9.31. The number of hydrogen-bond acceptors (Lipinski definition) is 2. The molecule has 0 radical (unpaired) electrons. The van der Waals surface area contributed by atoms with E-state index < -0.39 is 0 Å². The van der Waals surface area contributed by atoms with Gasteiger partial charge in [-0.15, -0.1) is 0 Å². The highest BCUT2D eigenvalue weighted by molar-refractivity contribution is 9.10. The van der Waals surface area contributed by atoms with Gasteiger partial charge in [0, 0.05) is 11.7 Å². The Balaban J connectivity index is 2.16. The highest BCUT2D eigenvalue weighted by Crippen LogP contribution is 2.38. The summed E-state index contributed by atoms with van der Waals surface area (Å²) in [4.78, 5) is 4.43. The molecule has 0 aromatic carbocycles. The number of aryl methyl sites for hydroxylation is 1. The van der Waals surface area contributed by atoms with Gasteiger partial charge in [0.25, 0.3) is 0 Å². The maximum Gasteiger partial charge on any atom is 0.140 e. The lowest BCUT2D eigenvalue weighted by molar-refractivity contribution is 0.268. The molecule has 0 atom stereocenters. The quantitative estimate of drug-likeness (QED) is 0.900. The van der Waals surface area contributed by atoms with E-state index in [9.17, 15) is 0 Å². The van der Waals surface area contributed by atoms with E-state index in [0.717, 1.165) is 10.3 Å². The molecule has 2 nitrogen and oxygen atoms in total. The molecule has 1 aliphatic rings. The summed E-state index contributed by atoms with van der Waals surface area (Å²) in [6, 6.07) is 2.11. The fraction of sp³-hybridized carbons (Fsp3) is 0.583. The van der Waals surface area contributed by atoms with Gasteiger partial charge < -0.3 is 5.32 Å². The molecule has 1 aliphatic carbocycles. The minimum absolute atomic E-state index is 0.310. The molecule has 15 heavy (non-hydrogen) atoms. The Morgan fingerprint density at radius 2 is 2.27 bits per heavy atom. The molecule has 1 heterocycles. The lowest BCUT2D eigenvalue weighted by Gasteiger charge is -2.42. The van der Waals surface area contributed by atoms with Crippen molar-refractivity contribution in [2.45, 2.75) is 45.1 Å². The predicted molar refractivity (Wildman–Crippen MR) is 67.2 cm³/mol. The molecule has 1 saturated carbocycles. The summed E-state index contributed by atoms with van der Waals surface area (Å²) in [5, 5.41) is 3.58. The summed E-state index contributed by atoms with van der Waals surface area (Å²) in [5.74, 6) is 0.988. The maximum absolute atomic E-state index is 4.43. The van der Waals surface area contributed by atoms with Crippen molar-refractivity contribution in [1.82, 2.24) is 4.98 Å². The highest BCUT2D eigenvalue weighted by Gasteiger charge is 2.35. The number of halogens is 1. The molecule has 0 bridgehead atoms. The van der Waals surface area contributed by atoms with E-state index in [1.54, 1.807) is 0 Å². The average Bonchev–Trinajstić information content (AvgIpc) is 2.14. The predicted octanol–water partition coefficient (Wildman–Crippen LogP) is 3.90. The summed E-state index contributed by atoms with van der Waals surface area (Å²) in [6.07, 6.45) is 6.96. The number of anilines is 1. The fourth-order valence-corrected chi connectivity index (χ4v) is 2.61. The van der Waals surface area contributed by atoms with Gasteiger partial charge in [-0.25, -0.2) is 4.98 Å². The number of rotatable bonds is 3. The van der Waals surface area contributed by atoms with Crippen LogP contribution in [0.4, 0.5) is 5.82 Å². The number of nitrogens with zero attached hydrogens (tertiary/aromatic N) is 1. The van der Waals surface area contributed by atoms with Crippen LogP contribution in [0.1, 0.15) is 38.2 Å². The maximum atomic E-state index is 4.43. The van der Waals surface area contributed by atoms with Crippen LogP contribution in [0.2, 0.25) is 0 Å². The van der Waals surface area contributed by atoms with Crippen molar-refractivity contribution in [1.29, 1.82) is 0 Å². The van der Waals surface area contributed by atoms with Crippen LogP contribution in [0.25, 0.3) is 0 Å². The molecule has 2 rings (SSSR count). The van der Waals surface area contributed by atoms with Crippen LogP contribution in [0.5, 0.6) is 0 Å². The fourth-order valence-electron chi connectivity index (χ4n) is 2.05. The van der Waals surface area contributed by atoms with Crippen molar-refractivity contribution >= 4 is 21.7 Å². The van der Waals surface area contributed by atoms with Crippen molar-refractivity contribution in [3.8, 4) is 0 Å². The Bertz CT molecular complexity index is 353. The number of pyridine rings is 1. The molecule has 1 aromatic rings. The summed E-state index contributed by atoms with van der Waals surface area (Å²) in [6.45, 7) is 4.30. The molecule has 1 fully saturated rings. The first kappa shape index (κ1) is 10.9. The minimum Gasteiger partial charge on any atom is -0.364 e. The third-order valence-electron chi connectivity index (χ3n) is 3.35. The van der Waals surface area contributed by atoms with Gasteiger partial charge in [0.05, 0.1) is 4.47 Å². The monoisotopic (exact) mass is 268 g/mol. The molecule has 0 amide bonds. The van der Waals surface area contributed by atoms with E-state index in [1.165, 1.54) is 31.2 Å². The van der Waals surface area contributed by atoms with Crippen molar-refractivity contribution in [2.24, 2.45) is 0 Å². The van der Waals surface area contributed by atoms with Crippen molar-refractivity contribution < 1.29 is 0 Å². The van der Waals surface area contributed by atoms with E-state index in [1.807, 2.05) is 6.20 Å². The standard InChI is InChI=1S/C12H17BrN2/c1-3-12(5-4-6-12)15-11-10(13)7-9(2)8-14-11/h7-8H,3-6H2,1-2H3,(H,14,15). The Morgan fingerprint density at radius 3 is 2.73 bits per heavy atom. The Morgan fingerprint density at radius 1 is 1.53 bits per heavy atom. The minimum atomic E-state index is 0.310. The normalized spacial score (nSPS) is 18.3. The second-order valence-corrected chi connectivity index (χ2v) is 5.31. The largest absolute Gasteiger partial charge is 0.364 e. The number of nitrogens with one attached hydrogen (secondary N) is 1. The van der Waals surface area contributed by atoms with Gasteiger partial charge in [0.2, 0.25) is 0 Å². The lowest BCUT2D eigenvalue weighted by Crippen LogP contribution is -2.44. The smallest absolute Gasteiger partial charge is 0.140 e. The van der Waals surface area contributed by atoms with Crippen LogP contribution in [0.3, 0.4) is 0 Å². The SMILES string of the molecule is CCC1(Nc2ncc(C)cc2Br)CCC1. The third kappa shape index (κ3) is 2.17. The first-order valence-electron chi connectivity index (χ1n) is 5.55. The van der Waals surface area contributed by atoms with Gasteiger partial charge in [-0.2, -0.15) is 0 Å². The van der Waals surface area contributed by atoms with Gasteiger partial charge in [0.15, 0.2) is 0 Å². The van der Waals surface area contributed by atoms with Crippen molar-refractivity contribution in [3.05, 3.63) is 22.3 Å². The zero-order valence-corrected chi connectivity index (χ0v) is 10.9. The molecular weight excluding hydrogens is 252 g/mol. The van der Waals surface area contributed by atoms with E-state index in [0.29, 0.717) is 5.54 Å². The number of hydrogen-bond donors (Lipinski definition) is 1. The second-order valence-electron chi connectivity index (χ2n) is 4.46. The van der Waals surface area contributed by atoms with Crippen LogP contribution in [-0.2, 0) is 0 Å². The molecule has 0 spiro atoms. The first-order valence-corrected chi connectivity index (χ1v) is 6.35. The van der Waals surface area contributed by atoms with Crippen LogP contribution in [0, 0.1) is 6.92 Å². The molecule has 0 saturated heterocycles. The summed E-state index contributed by atoms with van der Waals surface area (Å²) in [7, 11) is 0. The molecule has 1 N–H and O–H groups in total. The van der Waals surface area contributed by atoms with Gasteiger partial charge in [0.1, 0.15) is 5.82 Å². The van der Waals surface area contributed by atoms with E-state index >= 15 is 0 Å².